The molecule has 3 heteroatoms. The van der Waals surface area contributed by atoms with Gasteiger partial charge in [0.2, 0.25) is 0 Å². The minimum atomic E-state index is -0.481. The molecular formula is C17H20ClNO. The van der Waals surface area contributed by atoms with Crippen LogP contribution in [0.2, 0.25) is 5.02 Å². The Morgan fingerprint density at radius 1 is 1.00 bits per heavy atom. The molecule has 0 aliphatic rings. The Morgan fingerprint density at radius 2 is 1.65 bits per heavy atom. The van der Waals surface area contributed by atoms with E-state index in [1.807, 2.05) is 73.6 Å². The summed E-state index contributed by atoms with van der Waals surface area (Å²) in [4.78, 5) is 1.99. The maximum atomic E-state index is 10.6. The van der Waals surface area contributed by atoms with Gasteiger partial charge in [-0.3, -0.25) is 0 Å². The number of benzene rings is 2. The lowest BCUT2D eigenvalue weighted by atomic mass is 9.86. The van der Waals surface area contributed by atoms with Gasteiger partial charge in [0.05, 0.1) is 6.10 Å². The van der Waals surface area contributed by atoms with Crippen molar-refractivity contribution in [2.75, 3.05) is 20.6 Å². The molecule has 0 aliphatic carbocycles. The first kappa shape index (κ1) is 15.0. The van der Waals surface area contributed by atoms with Crippen LogP contribution in [-0.4, -0.2) is 36.8 Å². The zero-order valence-corrected chi connectivity index (χ0v) is 12.6. The minimum Gasteiger partial charge on any atom is -0.391 e. The number of likely N-dealkylation sites (N-methyl/N-ethyl adjacent to an activating group) is 1. The molecule has 0 spiro atoms. The van der Waals surface area contributed by atoms with Crippen molar-refractivity contribution < 1.29 is 5.11 Å². The second-order valence-electron chi connectivity index (χ2n) is 5.27. The van der Waals surface area contributed by atoms with Crippen molar-refractivity contribution >= 4 is 11.6 Å². The SMILES string of the molecule is CN(C)C[C@H](O)[C@H](c1ccccc1)c1cccc(Cl)c1. The third-order valence-corrected chi connectivity index (χ3v) is 3.54. The molecule has 0 fully saturated rings. The molecule has 2 aromatic rings. The fourth-order valence-electron chi connectivity index (χ4n) is 2.48. The van der Waals surface area contributed by atoms with Gasteiger partial charge in [0, 0.05) is 17.5 Å². The van der Waals surface area contributed by atoms with E-state index in [2.05, 4.69) is 0 Å². The number of nitrogens with zero attached hydrogens (tertiary/aromatic N) is 1. The first-order chi connectivity index (χ1) is 9.58. The molecule has 0 saturated carbocycles. The van der Waals surface area contributed by atoms with Gasteiger partial charge in [0.25, 0.3) is 0 Å². The van der Waals surface area contributed by atoms with Gasteiger partial charge >= 0.3 is 0 Å². The fraction of sp³-hybridized carbons (Fsp3) is 0.294. The van der Waals surface area contributed by atoms with Gasteiger partial charge in [-0.25, -0.2) is 0 Å². The average molecular weight is 290 g/mol. The number of halogens is 1. The van der Waals surface area contributed by atoms with Crippen LogP contribution in [0.25, 0.3) is 0 Å². The van der Waals surface area contributed by atoms with Crippen molar-refractivity contribution in [2.24, 2.45) is 0 Å². The third kappa shape index (κ3) is 3.83. The van der Waals surface area contributed by atoms with Crippen molar-refractivity contribution in [3.05, 3.63) is 70.7 Å². The Balaban J connectivity index is 2.39. The molecule has 0 saturated heterocycles. The lowest BCUT2D eigenvalue weighted by molar-refractivity contribution is 0.121. The van der Waals surface area contributed by atoms with Gasteiger partial charge in [0.1, 0.15) is 0 Å². The van der Waals surface area contributed by atoms with Crippen LogP contribution in [-0.2, 0) is 0 Å². The quantitative estimate of drug-likeness (QED) is 0.912. The predicted octanol–water partition coefficient (Wildman–Crippen LogP) is 3.39. The highest BCUT2D eigenvalue weighted by atomic mass is 35.5. The molecule has 2 rings (SSSR count). The molecule has 0 aliphatic heterocycles. The van der Waals surface area contributed by atoms with Crippen LogP contribution in [0, 0.1) is 0 Å². The van der Waals surface area contributed by atoms with Crippen LogP contribution in [0.3, 0.4) is 0 Å². The normalized spacial score (nSPS) is 14.2. The second-order valence-corrected chi connectivity index (χ2v) is 5.71. The summed E-state index contributed by atoms with van der Waals surface area (Å²) in [5, 5.41) is 11.3. The summed E-state index contributed by atoms with van der Waals surface area (Å²) in [6, 6.07) is 17.8. The molecule has 0 bridgehead atoms. The first-order valence-corrected chi connectivity index (χ1v) is 7.09. The van der Waals surface area contributed by atoms with Crippen molar-refractivity contribution in [2.45, 2.75) is 12.0 Å². The molecule has 20 heavy (non-hydrogen) atoms. The van der Waals surface area contributed by atoms with Gasteiger partial charge in [0.15, 0.2) is 0 Å². The van der Waals surface area contributed by atoms with Gasteiger partial charge in [-0.1, -0.05) is 54.1 Å². The average Bonchev–Trinajstić information content (AvgIpc) is 2.39. The van der Waals surface area contributed by atoms with E-state index in [1.165, 1.54) is 0 Å². The highest BCUT2D eigenvalue weighted by molar-refractivity contribution is 6.30. The van der Waals surface area contributed by atoms with Gasteiger partial charge in [-0.05, 0) is 37.4 Å². The molecule has 2 atom stereocenters. The number of hydrogen-bond donors (Lipinski definition) is 1. The van der Waals surface area contributed by atoms with Crippen LogP contribution in [0.1, 0.15) is 17.0 Å². The number of rotatable bonds is 5. The Hall–Kier alpha value is -1.35. The first-order valence-electron chi connectivity index (χ1n) is 6.71. The van der Waals surface area contributed by atoms with Crippen LogP contribution < -0.4 is 0 Å². The second kappa shape index (κ2) is 6.89. The maximum absolute atomic E-state index is 10.6. The van der Waals surface area contributed by atoms with Gasteiger partial charge in [-0.2, -0.15) is 0 Å². The largest absolute Gasteiger partial charge is 0.391 e. The van der Waals surface area contributed by atoms with Crippen molar-refractivity contribution in [3.8, 4) is 0 Å². The maximum Gasteiger partial charge on any atom is 0.0775 e. The zero-order chi connectivity index (χ0) is 14.5. The van der Waals surface area contributed by atoms with Crippen LogP contribution in [0.5, 0.6) is 0 Å². The van der Waals surface area contributed by atoms with E-state index in [0.717, 1.165) is 11.1 Å². The number of aliphatic hydroxyl groups is 1. The van der Waals surface area contributed by atoms with E-state index in [1.54, 1.807) is 0 Å². The minimum absolute atomic E-state index is 0.0719. The standard InChI is InChI=1S/C17H20ClNO/c1-19(2)12-16(20)17(13-7-4-3-5-8-13)14-9-6-10-15(18)11-14/h3-11,16-17,20H,12H2,1-2H3/t16-,17+/m0/s1. The van der Waals surface area contributed by atoms with Crippen LogP contribution in [0.4, 0.5) is 0 Å². The van der Waals surface area contributed by atoms with Crippen molar-refractivity contribution in [3.63, 3.8) is 0 Å². The Kier molecular flexibility index (Phi) is 5.18. The van der Waals surface area contributed by atoms with E-state index >= 15 is 0 Å². The summed E-state index contributed by atoms with van der Waals surface area (Å²) in [6.07, 6.45) is -0.481. The third-order valence-electron chi connectivity index (χ3n) is 3.30. The summed E-state index contributed by atoms with van der Waals surface area (Å²) in [5.41, 5.74) is 2.14. The molecule has 0 radical (unpaired) electrons. The van der Waals surface area contributed by atoms with Crippen molar-refractivity contribution in [1.29, 1.82) is 0 Å². The van der Waals surface area contributed by atoms with Crippen molar-refractivity contribution in [1.82, 2.24) is 4.90 Å². The Bertz CT molecular complexity index is 542. The topological polar surface area (TPSA) is 23.5 Å². The molecule has 0 amide bonds. The van der Waals surface area contributed by atoms with E-state index in [-0.39, 0.29) is 5.92 Å². The Labute approximate surface area is 125 Å². The van der Waals surface area contributed by atoms with Gasteiger partial charge < -0.3 is 10.0 Å². The highest BCUT2D eigenvalue weighted by Gasteiger charge is 2.23. The molecule has 2 aromatic carbocycles. The highest BCUT2D eigenvalue weighted by Crippen LogP contribution is 2.30. The van der Waals surface area contributed by atoms with E-state index in [9.17, 15) is 5.11 Å². The summed E-state index contributed by atoms with van der Waals surface area (Å²) < 4.78 is 0. The van der Waals surface area contributed by atoms with Crippen LogP contribution in [0.15, 0.2) is 54.6 Å². The fourth-order valence-corrected chi connectivity index (χ4v) is 2.68. The summed E-state index contributed by atoms with van der Waals surface area (Å²) in [5.74, 6) is -0.0719. The summed E-state index contributed by atoms with van der Waals surface area (Å²) >= 11 is 6.09. The van der Waals surface area contributed by atoms with Gasteiger partial charge in [-0.15, -0.1) is 0 Å². The molecule has 0 aromatic heterocycles. The lowest BCUT2D eigenvalue weighted by Crippen LogP contribution is -2.31. The monoisotopic (exact) mass is 289 g/mol. The zero-order valence-electron chi connectivity index (χ0n) is 11.8. The molecular weight excluding hydrogens is 270 g/mol. The molecule has 2 nitrogen and oxygen atoms in total. The lowest BCUT2D eigenvalue weighted by Gasteiger charge is -2.26. The van der Waals surface area contributed by atoms with E-state index < -0.39 is 6.10 Å². The smallest absolute Gasteiger partial charge is 0.0775 e. The Morgan fingerprint density at radius 3 is 2.25 bits per heavy atom. The summed E-state index contributed by atoms with van der Waals surface area (Å²) in [7, 11) is 3.92. The van der Waals surface area contributed by atoms with E-state index in [4.69, 9.17) is 11.6 Å². The number of hydrogen-bond acceptors (Lipinski definition) is 2. The molecule has 1 N–H and O–H groups in total. The summed E-state index contributed by atoms with van der Waals surface area (Å²) in [6.45, 7) is 0.603. The van der Waals surface area contributed by atoms with Crippen LogP contribution >= 0.6 is 11.6 Å². The molecule has 0 unspecified atom stereocenters. The molecule has 0 heterocycles. The predicted molar refractivity (Wildman–Crippen MR) is 84.3 cm³/mol. The number of aliphatic hydroxyl groups excluding tert-OH is 1. The molecule has 106 valence electrons. The van der Waals surface area contributed by atoms with E-state index in [0.29, 0.717) is 11.6 Å².